The van der Waals surface area contributed by atoms with E-state index in [1.54, 1.807) is 6.07 Å². The van der Waals surface area contributed by atoms with Gasteiger partial charge in [0.25, 0.3) is 0 Å². The van der Waals surface area contributed by atoms with Crippen molar-refractivity contribution in [2.75, 3.05) is 17.2 Å². The number of hydrogen-bond acceptors (Lipinski definition) is 4. The molecule has 1 heterocycles. The quantitative estimate of drug-likeness (QED) is 0.725. The van der Waals surface area contributed by atoms with Crippen LogP contribution in [-0.4, -0.2) is 11.5 Å². The highest BCUT2D eigenvalue weighted by molar-refractivity contribution is 5.79. The molecular weight excluding hydrogens is 238 g/mol. The number of benzene rings is 2. The summed E-state index contributed by atoms with van der Waals surface area (Å²) in [5, 5.41) is 0. The molecule has 0 radical (unpaired) electrons. The van der Waals surface area contributed by atoms with Gasteiger partial charge in [-0.05, 0) is 31.2 Å². The zero-order valence-corrected chi connectivity index (χ0v) is 10.7. The van der Waals surface area contributed by atoms with E-state index in [0.29, 0.717) is 17.3 Å². The van der Waals surface area contributed by atoms with Crippen LogP contribution in [0.4, 0.5) is 17.4 Å². The topological polar surface area (TPSA) is 55.3 Å². The van der Waals surface area contributed by atoms with E-state index in [2.05, 4.69) is 11.9 Å². The molecule has 19 heavy (non-hydrogen) atoms. The lowest BCUT2D eigenvalue weighted by atomic mass is 10.3. The summed E-state index contributed by atoms with van der Waals surface area (Å²) in [7, 11) is 0. The molecule has 2 N–H and O–H groups in total. The lowest BCUT2D eigenvalue weighted by molar-refractivity contribution is 0.595. The predicted octanol–water partition coefficient (Wildman–Crippen LogP) is 3.57. The Morgan fingerprint density at radius 2 is 1.95 bits per heavy atom. The maximum Gasteiger partial charge on any atom is 0.302 e. The Morgan fingerprint density at radius 3 is 2.68 bits per heavy atom. The van der Waals surface area contributed by atoms with Crippen molar-refractivity contribution < 1.29 is 4.42 Å². The molecule has 0 aliphatic rings. The number of fused-ring (bicyclic) bond motifs is 1. The van der Waals surface area contributed by atoms with Gasteiger partial charge in [-0.3, -0.25) is 4.90 Å². The molecule has 0 spiro atoms. The third-order valence-electron chi connectivity index (χ3n) is 3.02. The van der Waals surface area contributed by atoms with Gasteiger partial charge in [0.1, 0.15) is 5.52 Å². The third-order valence-corrected chi connectivity index (χ3v) is 3.02. The van der Waals surface area contributed by atoms with Crippen LogP contribution in [-0.2, 0) is 0 Å². The van der Waals surface area contributed by atoms with Crippen LogP contribution in [0.2, 0.25) is 0 Å². The molecule has 4 nitrogen and oxygen atoms in total. The number of oxazole rings is 1. The summed E-state index contributed by atoms with van der Waals surface area (Å²) in [6.07, 6.45) is 0. The molecule has 0 atom stereocenters. The van der Waals surface area contributed by atoms with E-state index in [-0.39, 0.29) is 0 Å². The van der Waals surface area contributed by atoms with Crippen LogP contribution in [0.3, 0.4) is 0 Å². The van der Waals surface area contributed by atoms with Crippen molar-refractivity contribution in [1.29, 1.82) is 0 Å². The van der Waals surface area contributed by atoms with Gasteiger partial charge < -0.3 is 10.2 Å². The Bertz CT molecular complexity index is 691. The van der Waals surface area contributed by atoms with Crippen molar-refractivity contribution in [3.63, 3.8) is 0 Å². The molecule has 3 aromatic rings. The molecule has 1 aromatic heterocycles. The summed E-state index contributed by atoms with van der Waals surface area (Å²) >= 11 is 0. The number of aromatic nitrogens is 1. The second-order valence-electron chi connectivity index (χ2n) is 4.30. The SMILES string of the molecule is CCN(c1ccccc1)c1nc2ccc(N)cc2o1. The maximum absolute atomic E-state index is 5.79. The number of nitrogen functional groups attached to an aromatic ring is 1. The molecule has 0 bridgehead atoms. The molecule has 0 aliphatic carbocycles. The number of anilines is 3. The third kappa shape index (κ3) is 2.12. The molecule has 0 aliphatic heterocycles. The zero-order chi connectivity index (χ0) is 13.2. The fourth-order valence-corrected chi connectivity index (χ4v) is 2.08. The van der Waals surface area contributed by atoms with Crippen molar-refractivity contribution in [3.8, 4) is 0 Å². The van der Waals surface area contributed by atoms with Gasteiger partial charge in [0.2, 0.25) is 0 Å². The van der Waals surface area contributed by atoms with Gasteiger partial charge in [-0.15, -0.1) is 0 Å². The standard InChI is InChI=1S/C15H15N3O/c1-2-18(12-6-4-3-5-7-12)15-17-13-9-8-11(16)10-14(13)19-15/h3-10H,2,16H2,1H3. The van der Waals surface area contributed by atoms with Gasteiger partial charge in [0, 0.05) is 24.0 Å². The summed E-state index contributed by atoms with van der Waals surface area (Å²) < 4.78 is 5.79. The van der Waals surface area contributed by atoms with E-state index in [0.717, 1.165) is 17.7 Å². The molecule has 2 aromatic carbocycles. The Hall–Kier alpha value is -2.49. The Balaban J connectivity index is 2.07. The van der Waals surface area contributed by atoms with Crippen molar-refractivity contribution in [3.05, 3.63) is 48.5 Å². The fraction of sp³-hybridized carbons (Fsp3) is 0.133. The number of nitrogens with two attached hydrogens (primary N) is 1. The monoisotopic (exact) mass is 253 g/mol. The number of rotatable bonds is 3. The van der Waals surface area contributed by atoms with Crippen LogP contribution in [0.5, 0.6) is 0 Å². The molecule has 0 amide bonds. The van der Waals surface area contributed by atoms with E-state index < -0.39 is 0 Å². The van der Waals surface area contributed by atoms with Crippen molar-refractivity contribution in [2.45, 2.75) is 6.92 Å². The zero-order valence-electron chi connectivity index (χ0n) is 10.7. The van der Waals surface area contributed by atoms with E-state index in [1.165, 1.54) is 0 Å². The number of hydrogen-bond donors (Lipinski definition) is 1. The summed E-state index contributed by atoms with van der Waals surface area (Å²) in [4.78, 5) is 6.53. The second kappa shape index (κ2) is 4.65. The molecule has 0 saturated heterocycles. The fourth-order valence-electron chi connectivity index (χ4n) is 2.08. The minimum absolute atomic E-state index is 0.592. The Morgan fingerprint density at radius 1 is 1.16 bits per heavy atom. The second-order valence-corrected chi connectivity index (χ2v) is 4.30. The lowest BCUT2D eigenvalue weighted by Crippen LogP contribution is -2.15. The molecule has 0 unspecified atom stereocenters. The average molecular weight is 253 g/mol. The summed E-state index contributed by atoms with van der Waals surface area (Å²) in [5.74, 6) is 0. The predicted molar refractivity (Wildman–Crippen MR) is 77.5 cm³/mol. The summed E-state index contributed by atoms with van der Waals surface area (Å²) in [5.41, 5.74) is 9.02. The smallest absolute Gasteiger partial charge is 0.302 e. The molecule has 96 valence electrons. The van der Waals surface area contributed by atoms with Crippen molar-refractivity contribution >= 4 is 28.5 Å². The Labute approximate surface area is 111 Å². The van der Waals surface area contributed by atoms with Crippen LogP contribution < -0.4 is 10.6 Å². The summed E-state index contributed by atoms with van der Waals surface area (Å²) in [6, 6.07) is 16.1. The maximum atomic E-state index is 5.79. The highest BCUT2D eigenvalue weighted by Gasteiger charge is 2.14. The number of para-hydroxylation sites is 1. The van der Waals surface area contributed by atoms with E-state index in [1.807, 2.05) is 47.4 Å². The van der Waals surface area contributed by atoms with Crippen molar-refractivity contribution in [1.82, 2.24) is 4.98 Å². The average Bonchev–Trinajstić information content (AvgIpc) is 2.83. The minimum atomic E-state index is 0.592. The minimum Gasteiger partial charge on any atom is -0.423 e. The van der Waals surface area contributed by atoms with Gasteiger partial charge in [-0.1, -0.05) is 18.2 Å². The van der Waals surface area contributed by atoms with Crippen molar-refractivity contribution in [2.24, 2.45) is 0 Å². The molecule has 0 fully saturated rings. The van der Waals surface area contributed by atoms with E-state index in [9.17, 15) is 0 Å². The van der Waals surface area contributed by atoms with Crippen LogP contribution in [0, 0.1) is 0 Å². The van der Waals surface area contributed by atoms with Gasteiger partial charge in [0.15, 0.2) is 5.58 Å². The Kier molecular flexibility index (Phi) is 2.83. The number of nitrogens with zero attached hydrogens (tertiary/aromatic N) is 2. The molecule has 3 rings (SSSR count). The van der Waals surface area contributed by atoms with E-state index in [4.69, 9.17) is 10.2 Å². The molecular formula is C15H15N3O. The lowest BCUT2D eigenvalue weighted by Gasteiger charge is -2.17. The normalized spacial score (nSPS) is 10.8. The largest absolute Gasteiger partial charge is 0.423 e. The first kappa shape index (κ1) is 11.6. The van der Waals surface area contributed by atoms with Gasteiger partial charge in [0.05, 0.1) is 0 Å². The first-order chi connectivity index (χ1) is 9.28. The highest BCUT2D eigenvalue weighted by Crippen LogP contribution is 2.28. The van der Waals surface area contributed by atoms with Crippen LogP contribution in [0.25, 0.3) is 11.1 Å². The van der Waals surface area contributed by atoms with Crippen LogP contribution in [0.15, 0.2) is 52.9 Å². The molecule has 0 saturated carbocycles. The first-order valence-corrected chi connectivity index (χ1v) is 6.26. The first-order valence-electron chi connectivity index (χ1n) is 6.26. The van der Waals surface area contributed by atoms with Gasteiger partial charge in [-0.2, -0.15) is 4.98 Å². The van der Waals surface area contributed by atoms with Gasteiger partial charge in [-0.25, -0.2) is 0 Å². The van der Waals surface area contributed by atoms with E-state index >= 15 is 0 Å². The van der Waals surface area contributed by atoms with Crippen LogP contribution >= 0.6 is 0 Å². The van der Waals surface area contributed by atoms with Gasteiger partial charge >= 0.3 is 6.01 Å². The molecule has 4 heteroatoms. The highest BCUT2D eigenvalue weighted by atomic mass is 16.4. The summed E-state index contributed by atoms with van der Waals surface area (Å²) in [6.45, 7) is 2.85. The van der Waals surface area contributed by atoms with Crippen LogP contribution in [0.1, 0.15) is 6.92 Å².